The van der Waals surface area contributed by atoms with Crippen molar-refractivity contribution >= 4 is 34.9 Å². The average Bonchev–Trinajstić information content (AvgIpc) is 2.67. The van der Waals surface area contributed by atoms with Crippen LogP contribution in [0.5, 0.6) is 0 Å². The zero-order chi connectivity index (χ0) is 19.2. The Kier molecular flexibility index (Phi) is 6.26. The van der Waals surface area contributed by atoms with Gasteiger partial charge in [-0.05, 0) is 42.0 Å². The molecule has 1 aromatic heterocycles. The average molecular weight is 403 g/mol. The Hall–Kier alpha value is -2.64. The molecule has 0 saturated carbocycles. The van der Waals surface area contributed by atoms with Crippen LogP contribution in [-0.4, -0.2) is 14.8 Å². The van der Waals surface area contributed by atoms with E-state index in [1.54, 1.807) is 42.5 Å². The van der Waals surface area contributed by atoms with Gasteiger partial charge in [0.2, 0.25) is 5.82 Å². The Bertz CT molecular complexity index is 990. The van der Waals surface area contributed by atoms with Crippen molar-refractivity contribution in [2.24, 2.45) is 0 Å². The fraction of sp³-hybridized carbons (Fsp3) is 0.105. The molecule has 1 N–H and O–H groups in total. The van der Waals surface area contributed by atoms with Crippen LogP contribution in [0.3, 0.4) is 0 Å². The summed E-state index contributed by atoms with van der Waals surface area (Å²) in [5.74, 6) is 0.366. The van der Waals surface area contributed by atoms with E-state index in [9.17, 15) is 9.18 Å². The van der Waals surface area contributed by atoms with Crippen molar-refractivity contribution in [1.82, 2.24) is 14.8 Å². The molecule has 3 rings (SSSR count). The van der Waals surface area contributed by atoms with Gasteiger partial charge in [-0.2, -0.15) is 0 Å². The Labute approximate surface area is 164 Å². The van der Waals surface area contributed by atoms with Crippen molar-refractivity contribution in [3.8, 4) is 0 Å². The van der Waals surface area contributed by atoms with E-state index in [4.69, 9.17) is 11.6 Å². The lowest BCUT2D eigenvalue weighted by Gasteiger charge is -2.11. The van der Waals surface area contributed by atoms with Gasteiger partial charge in [0.15, 0.2) is 5.16 Å². The van der Waals surface area contributed by atoms with Gasteiger partial charge in [-0.15, -0.1) is 16.8 Å². The normalized spacial score (nSPS) is 10.6. The fourth-order valence-corrected chi connectivity index (χ4v) is 3.30. The highest BCUT2D eigenvalue weighted by Gasteiger charge is 2.12. The third-order valence-electron chi connectivity index (χ3n) is 3.61. The summed E-state index contributed by atoms with van der Waals surface area (Å²) in [6, 6.07) is 13.1. The molecule has 0 radical (unpaired) electrons. The summed E-state index contributed by atoms with van der Waals surface area (Å²) in [7, 11) is 0. The van der Waals surface area contributed by atoms with Gasteiger partial charge in [-0.1, -0.05) is 41.6 Å². The molecule has 138 valence electrons. The second-order valence-corrected chi connectivity index (χ2v) is 6.96. The molecule has 0 aliphatic carbocycles. The van der Waals surface area contributed by atoms with Gasteiger partial charge in [0.1, 0.15) is 5.82 Å². The summed E-state index contributed by atoms with van der Waals surface area (Å²) in [6.45, 7) is 4.00. The Balaban J connectivity index is 1.83. The van der Waals surface area contributed by atoms with Gasteiger partial charge in [0.25, 0.3) is 5.56 Å². The highest BCUT2D eigenvalue weighted by atomic mass is 35.5. The van der Waals surface area contributed by atoms with Gasteiger partial charge in [-0.25, -0.2) is 4.39 Å². The summed E-state index contributed by atoms with van der Waals surface area (Å²) < 4.78 is 14.5. The van der Waals surface area contributed by atoms with Crippen LogP contribution in [-0.2, 0) is 12.3 Å². The predicted molar refractivity (Wildman–Crippen MR) is 107 cm³/mol. The molecule has 0 bridgehead atoms. The number of benzene rings is 2. The van der Waals surface area contributed by atoms with E-state index >= 15 is 0 Å². The van der Waals surface area contributed by atoms with Crippen LogP contribution in [0.2, 0.25) is 5.02 Å². The lowest BCUT2D eigenvalue weighted by atomic mass is 10.2. The number of nitrogens with zero attached hydrogens (tertiary/aromatic N) is 3. The summed E-state index contributed by atoms with van der Waals surface area (Å²) in [5.41, 5.74) is 1.30. The Morgan fingerprint density at radius 1 is 1.15 bits per heavy atom. The molecule has 0 saturated heterocycles. The number of allylic oxidation sites excluding steroid dienone is 1. The molecule has 8 heteroatoms. The van der Waals surface area contributed by atoms with Crippen molar-refractivity contribution in [3.05, 3.63) is 87.9 Å². The lowest BCUT2D eigenvalue weighted by Crippen LogP contribution is -2.26. The molecule has 27 heavy (non-hydrogen) atoms. The molecule has 0 aliphatic rings. The first-order valence-corrected chi connectivity index (χ1v) is 9.41. The number of nitrogens with one attached hydrogen (secondary N) is 1. The first kappa shape index (κ1) is 19.1. The van der Waals surface area contributed by atoms with E-state index in [0.717, 1.165) is 5.56 Å². The van der Waals surface area contributed by atoms with Crippen LogP contribution in [0.1, 0.15) is 5.56 Å². The maximum atomic E-state index is 13.0. The van der Waals surface area contributed by atoms with Crippen LogP contribution in [0.25, 0.3) is 0 Å². The van der Waals surface area contributed by atoms with Crippen LogP contribution in [0.4, 0.5) is 15.9 Å². The molecule has 0 spiro atoms. The van der Waals surface area contributed by atoms with E-state index in [-0.39, 0.29) is 17.2 Å². The Morgan fingerprint density at radius 3 is 2.52 bits per heavy atom. The third kappa shape index (κ3) is 4.96. The fourth-order valence-electron chi connectivity index (χ4n) is 2.28. The van der Waals surface area contributed by atoms with Gasteiger partial charge in [-0.3, -0.25) is 9.36 Å². The highest BCUT2D eigenvalue weighted by Crippen LogP contribution is 2.21. The molecule has 0 amide bonds. The molecule has 0 aliphatic heterocycles. The quantitative estimate of drug-likeness (QED) is 0.460. The van der Waals surface area contributed by atoms with Gasteiger partial charge in [0, 0.05) is 23.0 Å². The van der Waals surface area contributed by atoms with Crippen LogP contribution < -0.4 is 10.9 Å². The summed E-state index contributed by atoms with van der Waals surface area (Å²) in [4.78, 5) is 12.8. The maximum absolute atomic E-state index is 13.0. The minimum atomic E-state index is -0.304. The second kappa shape index (κ2) is 8.83. The number of thioether (sulfide) groups is 1. The zero-order valence-electron chi connectivity index (χ0n) is 14.2. The summed E-state index contributed by atoms with van der Waals surface area (Å²) in [5, 5.41) is 12.2. The van der Waals surface area contributed by atoms with Crippen LogP contribution >= 0.6 is 23.4 Å². The van der Waals surface area contributed by atoms with E-state index < -0.39 is 0 Å². The number of anilines is 2. The monoisotopic (exact) mass is 402 g/mol. The van der Waals surface area contributed by atoms with Crippen molar-refractivity contribution in [1.29, 1.82) is 0 Å². The third-order valence-corrected chi connectivity index (χ3v) is 4.90. The topological polar surface area (TPSA) is 59.8 Å². The largest absolute Gasteiger partial charge is 0.334 e. The van der Waals surface area contributed by atoms with Crippen molar-refractivity contribution in [3.63, 3.8) is 0 Å². The summed E-state index contributed by atoms with van der Waals surface area (Å²) in [6.07, 6.45) is 1.62. The first-order chi connectivity index (χ1) is 13.1. The molecule has 0 atom stereocenters. The molecule has 2 aromatic carbocycles. The van der Waals surface area contributed by atoms with Crippen LogP contribution in [0, 0.1) is 5.82 Å². The van der Waals surface area contributed by atoms with E-state index in [1.165, 1.54) is 28.5 Å². The van der Waals surface area contributed by atoms with Gasteiger partial charge >= 0.3 is 0 Å². The number of hydrogen-bond acceptors (Lipinski definition) is 5. The summed E-state index contributed by atoms with van der Waals surface area (Å²) >= 11 is 7.22. The van der Waals surface area contributed by atoms with E-state index in [2.05, 4.69) is 22.1 Å². The van der Waals surface area contributed by atoms with E-state index in [0.29, 0.717) is 28.2 Å². The van der Waals surface area contributed by atoms with Crippen LogP contribution in [0.15, 0.2) is 71.1 Å². The zero-order valence-corrected chi connectivity index (χ0v) is 15.8. The van der Waals surface area contributed by atoms with E-state index in [1.807, 2.05) is 0 Å². The van der Waals surface area contributed by atoms with Gasteiger partial charge in [0.05, 0.1) is 0 Å². The number of halogens is 2. The molecule has 5 nitrogen and oxygen atoms in total. The molecule has 3 aromatic rings. The molecular formula is C19H16ClFN4OS. The minimum Gasteiger partial charge on any atom is -0.334 e. The standard InChI is InChI=1S/C19H16ClFN4OS/c1-2-11-25-18(26)17(22-16-9-5-14(20)6-10-16)23-24-19(25)27-12-13-3-7-15(21)8-4-13/h2-10H,1,11-12H2,(H,22,23). The number of hydrogen-bond donors (Lipinski definition) is 1. The minimum absolute atomic E-state index is 0.116. The lowest BCUT2D eigenvalue weighted by molar-refractivity contribution is 0.625. The molecule has 1 heterocycles. The van der Waals surface area contributed by atoms with Crippen molar-refractivity contribution in [2.45, 2.75) is 17.5 Å². The second-order valence-electron chi connectivity index (χ2n) is 5.58. The predicted octanol–water partition coefficient (Wildman–Crippen LogP) is 4.65. The number of rotatable bonds is 7. The number of aromatic nitrogens is 3. The highest BCUT2D eigenvalue weighted by molar-refractivity contribution is 7.98. The van der Waals surface area contributed by atoms with Crippen molar-refractivity contribution < 1.29 is 4.39 Å². The van der Waals surface area contributed by atoms with Crippen molar-refractivity contribution in [2.75, 3.05) is 5.32 Å². The van der Waals surface area contributed by atoms with Gasteiger partial charge < -0.3 is 5.32 Å². The molecule has 0 fully saturated rings. The Morgan fingerprint density at radius 2 is 1.85 bits per heavy atom. The molecular weight excluding hydrogens is 387 g/mol. The first-order valence-electron chi connectivity index (χ1n) is 8.05. The molecule has 0 unspecified atom stereocenters. The maximum Gasteiger partial charge on any atom is 0.297 e. The smallest absolute Gasteiger partial charge is 0.297 e. The SMILES string of the molecule is C=CCn1c(SCc2ccc(F)cc2)nnc(Nc2ccc(Cl)cc2)c1=O.